The van der Waals surface area contributed by atoms with E-state index in [2.05, 4.69) is 22.8 Å². The first kappa shape index (κ1) is 16.9. The van der Waals surface area contributed by atoms with Crippen LogP contribution in [0.25, 0.3) is 0 Å². The lowest BCUT2D eigenvalue weighted by molar-refractivity contribution is -0.116. The van der Waals surface area contributed by atoms with Crippen molar-refractivity contribution in [2.75, 3.05) is 10.6 Å². The minimum Gasteiger partial charge on any atom is -0.378 e. The number of hydrogen-bond donors (Lipinski definition) is 3. The van der Waals surface area contributed by atoms with Crippen molar-refractivity contribution in [3.63, 3.8) is 0 Å². The number of carbonyl (C=O) groups excluding carboxylic acids is 1. The average molecular weight is 341 g/mol. The van der Waals surface area contributed by atoms with Crippen molar-refractivity contribution < 1.29 is 4.79 Å². The summed E-state index contributed by atoms with van der Waals surface area (Å²) in [5.41, 5.74) is 8.01. The second-order valence-corrected chi connectivity index (χ2v) is 8.93. The Morgan fingerprint density at radius 1 is 1.12 bits per heavy atom. The molecule has 25 heavy (non-hydrogen) atoms. The van der Waals surface area contributed by atoms with Gasteiger partial charge in [0.05, 0.1) is 11.4 Å². The monoisotopic (exact) mass is 341 g/mol. The van der Waals surface area contributed by atoms with Crippen LogP contribution >= 0.6 is 0 Å². The summed E-state index contributed by atoms with van der Waals surface area (Å²) in [7, 11) is 0. The van der Waals surface area contributed by atoms with E-state index in [1.165, 1.54) is 38.5 Å². The number of rotatable bonds is 6. The first-order chi connectivity index (χ1) is 12.0. The Labute approximate surface area is 150 Å². The molecule has 4 fully saturated rings. The molecule has 0 spiro atoms. The van der Waals surface area contributed by atoms with Crippen LogP contribution in [0.3, 0.4) is 0 Å². The summed E-state index contributed by atoms with van der Waals surface area (Å²) >= 11 is 0. The second-order valence-electron chi connectivity index (χ2n) is 8.93. The molecule has 1 amide bonds. The molecule has 0 aromatic heterocycles. The van der Waals surface area contributed by atoms with Gasteiger partial charge in [0.2, 0.25) is 5.91 Å². The number of para-hydroxylation sites is 2. The van der Waals surface area contributed by atoms with Crippen LogP contribution < -0.4 is 16.4 Å². The van der Waals surface area contributed by atoms with Gasteiger partial charge in [-0.05, 0) is 81.8 Å². The van der Waals surface area contributed by atoms with Gasteiger partial charge in [-0.15, -0.1) is 0 Å². The van der Waals surface area contributed by atoms with Crippen molar-refractivity contribution in [3.05, 3.63) is 24.3 Å². The maximum atomic E-state index is 12.2. The van der Waals surface area contributed by atoms with E-state index in [9.17, 15) is 4.79 Å². The van der Waals surface area contributed by atoms with Crippen LogP contribution in [0.4, 0.5) is 11.4 Å². The lowest BCUT2D eigenvalue weighted by atomic mass is 9.53. The van der Waals surface area contributed by atoms with Gasteiger partial charge < -0.3 is 16.4 Å². The molecule has 136 valence electrons. The highest BCUT2D eigenvalue weighted by Gasteiger charge is 2.51. The summed E-state index contributed by atoms with van der Waals surface area (Å²) in [5, 5.41) is 6.98. The highest BCUT2D eigenvalue weighted by Crippen LogP contribution is 2.56. The van der Waals surface area contributed by atoms with Gasteiger partial charge in [0, 0.05) is 18.0 Å². The third-order valence-corrected chi connectivity index (χ3v) is 6.47. The largest absolute Gasteiger partial charge is 0.378 e. The van der Waals surface area contributed by atoms with Crippen LogP contribution in [0.2, 0.25) is 0 Å². The number of carbonyl (C=O) groups is 1. The highest BCUT2D eigenvalue weighted by molar-refractivity contribution is 5.94. The van der Waals surface area contributed by atoms with Crippen LogP contribution in [0, 0.1) is 17.8 Å². The Morgan fingerprint density at radius 3 is 2.24 bits per heavy atom. The van der Waals surface area contributed by atoms with Crippen LogP contribution in [-0.2, 0) is 4.79 Å². The number of benzene rings is 1. The number of nitrogens with one attached hydrogen (secondary N) is 2. The molecule has 4 bridgehead atoms. The topological polar surface area (TPSA) is 67.2 Å². The summed E-state index contributed by atoms with van der Waals surface area (Å²) in [5.74, 6) is 2.78. The van der Waals surface area contributed by atoms with E-state index < -0.39 is 0 Å². The van der Waals surface area contributed by atoms with Crippen molar-refractivity contribution >= 4 is 17.3 Å². The van der Waals surface area contributed by atoms with Crippen molar-refractivity contribution in [1.82, 2.24) is 0 Å². The molecular weight excluding hydrogens is 310 g/mol. The zero-order valence-corrected chi connectivity index (χ0v) is 15.3. The minimum absolute atomic E-state index is 0.0528. The summed E-state index contributed by atoms with van der Waals surface area (Å²) in [6.45, 7) is 1.94. The predicted octanol–water partition coefficient (Wildman–Crippen LogP) is 4.13. The molecule has 4 N–H and O–H groups in total. The van der Waals surface area contributed by atoms with Crippen molar-refractivity contribution in [2.45, 2.75) is 69.9 Å². The van der Waals surface area contributed by atoms with Gasteiger partial charge in [0.1, 0.15) is 0 Å². The fraction of sp³-hybridized carbons (Fsp3) is 0.667. The molecule has 1 unspecified atom stereocenters. The Kier molecular flexibility index (Phi) is 4.48. The Bertz CT molecular complexity index is 604. The van der Waals surface area contributed by atoms with Crippen molar-refractivity contribution in [3.8, 4) is 0 Å². The Hall–Kier alpha value is -1.55. The molecule has 0 heterocycles. The molecule has 1 aromatic carbocycles. The predicted molar refractivity (Wildman–Crippen MR) is 102 cm³/mol. The van der Waals surface area contributed by atoms with Gasteiger partial charge >= 0.3 is 0 Å². The molecule has 4 saturated carbocycles. The summed E-state index contributed by atoms with van der Waals surface area (Å²) in [6.07, 6.45) is 9.41. The molecule has 4 nitrogen and oxygen atoms in total. The number of anilines is 2. The molecule has 5 rings (SSSR count). The molecule has 1 atom stereocenters. The van der Waals surface area contributed by atoms with Gasteiger partial charge in [-0.3, -0.25) is 4.79 Å². The molecule has 1 aromatic rings. The summed E-state index contributed by atoms with van der Waals surface area (Å²) < 4.78 is 0. The van der Waals surface area contributed by atoms with Crippen molar-refractivity contribution in [2.24, 2.45) is 23.5 Å². The molecule has 4 heteroatoms. The van der Waals surface area contributed by atoms with Gasteiger partial charge in [0.15, 0.2) is 0 Å². The van der Waals surface area contributed by atoms with Gasteiger partial charge in [0.25, 0.3) is 0 Å². The maximum Gasteiger partial charge on any atom is 0.224 e. The third-order valence-electron chi connectivity index (χ3n) is 6.47. The fourth-order valence-electron chi connectivity index (χ4n) is 5.82. The minimum atomic E-state index is 0.0528. The van der Waals surface area contributed by atoms with E-state index in [1.807, 2.05) is 19.1 Å². The molecule has 4 aliphatic carbocycles. The zero-order chi connectivity index (χ0) is 17.4. The molecule has 0 aliphatic heterocycles. The smallest absolute Gasteiger partial charge is 0.224 e. The fourth-order valence-corrected chi connectivity index (χ4v) is 5.82. The molecule has 0 saturated heterocycles. The molecule has 4 aliphatic rings. The van der Waals surface area contributed by atoms with E-state index in [0.717, 1.165) is 35.5 Å². The summed E-state index contributed by atoms with van der Waals surface area (Å²) in [6, 6.07) is 8.23. The standard InChI is InChI=1S/C21H31N3O/c1-14(22)6-7-20(25)23-18-4-2-3-5-19(18)24-21-11-15-8-16(12-21)10-17(9-15)13-21/h2-5,14-17,24H,6-13,22H2,1H3,(H,23,25). The number of nitrogens with two attached hydrogens (primary N) is 1. The van der Waals surface area contributed by atoms with Gasteiger partial charge in [-0.2, -0.15) is 0 Å². The average Bonchev–Trinajstić information content (AvgIpc) is 2.53. The van der Waals surface area contributed by atoms with Crippen LogP contribution in [0.15, 0.2) is 24.3 Å². The quantitative estimate of drug-likeness (QED) is 0.729. The van der Waals surface area contributed by atoms with Crippen molar-refractivity contribution in [1.29, 1.82) is 0 Å². The van der Waals surface area contributed by atoms with Gasteiger partial charge in [-0.1, -0.05) is 12.1 Å². The Balaban J connectivity index is 1.47. The lowest BCUT2D eigenvalue weighted by Crippen LogP contribution is -2.54. The Morgan fingerprint density at radius 2 is 1.68 bits per heavy atom. The van der Waals surface area contributed by atoms with E-state index in [0.29, 0.717) is 6.42 Å². The van der Waals surface area contributed by atoms with E-state index >= 15 is 0 Å². The summed E-state index contributed by atoms with van der Waals surface area (Å²) in [4.78, 5) is 12.2. The van der Waals surface area contributed by atoms with E-state index in [1.54, 1.807) is 0 Å². The van der Waals surface area contributed by atoms with Crippen LogP contribution in [0.5, 0.6) is 0 Å². The third kappa shape index (κ3) is 3.69. The zero-order valence-electron chi connectivity index (χ0n) is 15.3. The first-order valence-corrected chi connectivity index (χ1v) is 9.94. The highest BCUT2D eigenvalue weighted by atomic mass is 16.1. The van der Waals surface area contributed by atoms with Crippen LogP contribution in [0.1, 0.15) is 58.3 Å². The normalized spacial score (nSPS) is 33.9. The van der Waals surface area contributed by atoms with Crippen LogP contribution in [-0.4, -0.2) is 17.5 Å². The second kappa shape index (κ2) is 6.64. The lowest BCUT2D eigenvalue weighted by Gasteiger charge is -2.57. The molecule has 0 radical (unpaired) electrons. The SMILES string of the molecule is CC(N)CCC(=O)Nc1ccccc1NC12CC3CC(CC(C3)C1)C2. The van der Waals surface area contributed by atoms with Gasteiger partial charge in [-0.25, -0.2) is 0 Å². The van der Waals surface area contributed by atoms with E-state index in [-0.39, 0.29) is 17.5 Å². The molecular formula is C21H31N3O. The first-order valence-electron chi connectivity index (χ1n) is 9.94. The number of hydrogen-bond acceptors (Lipinski definition) is 3. The number of amides is 1. The maximum absolute atomic E-state index is 12.2. The van der Waals surface area contributed by atoms with E-state index in [4.69, 9.17) is 5.73 Å².